The van der Waals surface area contributed by atoms with Crippen molar-refractivity contribution in [2.45, 2.75) is 11.8 Å². The summed E-state index contributed by atoms with van der Waals surface area (Å²) in [6, 6.07) is 2.12. The van der Waals surface area contributed by atoms with Gasteiger partial charge in [-0.2, -0.15) is 11.8 Å². The van der Waals surface area contributed by atoms with Crippen LogP contribution in [0, 0.1) is 11.6 Å². The molecule has 1 aliphatic rings. The third-order valence-corrected chi connectivity index (χ3v) is 4.47. The zero-order chi connectivity index (χ0) is 13.6. The molecule has 0 amide bonds. The molecule has 2 heterocycles. The molecular formula is C13H12F2N2OS. The molecule has 1 atom stereocenters. The van der Waals surface area contributed by atoms with Crippen molar-refractivity contribution in [3.05, 3.63) is 45.4 Å². The summed E-state index contributed by atoms with van der Waals surface area (Å²) in [6.07, 6.45) is 0. The fraction of sp³-hybridized carbons (Fsp3) is 0.308. The maximum Gasteiger partial charge on any atom is 0.256 e. The van der Waals surface area contributed by atoms with Gasteiger partial charge >= 0.3 is 0 Å². The summed E-state index contributed by atoms with van der Waals surface area (Å²) in [7, 11) is 1.82. The summed E-state index contributed by atoms with van der Waals surface area (Å²) in [5.74, 6) is -0.404. The molecule has 100 valence electrons. The van der Waals surface area contributed by atoms with Crippen molar-refractivity contribution in [1.82, 2.24) is 10.3 Å². The molecule has 1 aliphatic heterocycles. The van der Waals surface area contributed by atoms with Crippen molar-refractivity contribution in [1.29, 1.82) is 0 Å². The van der Waals surface area contributed by atoms with Crippen LogP contribution in [-0.2, 0) is 5.75 Å². The van der Waals surface area contributed by atoms with Gasteiger partial charge in [0.2, 0.25) is 0 Å². The van der Waals surface area contributed by atoms with E-state index in [2.05, 4.69) is 10.3 Å². The van der Waals surface area contributed by atoms with Crippen LogP contribution in [0.1, 0.15) is 17.3 Å². The smallest absolute Gasteiger partial charge is 0.256 e. The molecule has 1 unspecified atom stereocenters. The summed E-state index contributed by atoms with van der Waals surface area (Å²) in [5.41, 5.74) is 1.29. The molecular weight excluding hydrogens is 270 g/mol. The largest absolute Gasteiger partial charge is 0.324 e. The number of hydrogen-bond acceptors (Lipinski definition) is 3. The molecule has 3 nitrogen and oxygen atoms in total. The summed E-state index contributed by atoms with van der Waals surface area (Å²) >= 11 is 1.69. The van der Waals surface area contributed by atoms with Gasteiger partial charge < -0.3 is 10.3 Å². The number of hydrogen-bond donors (Lipinski definition) is 2. The van der Waals surface area contributed by atoms with Gasteiger partial charge in [0.15, 0.2) is 11.6 Å². The molecule has 19 heavy (non-hydrogen) atoms. The Morgan fingerprint density at radius 2 is 2.00 bits per heavy atom. The summed E-state index contributed by atoms with van der Waals surface area (Å²) < 4.78 is 26.8. The van der Waals surface area contributed by atoms with Crippen molar-refractivity contribution < 1.29 is 8.78 Å². The zero-order valence-corrected chi connectivity index (χ0v) is 11.0. The minimum atomic E-state index is -0.996. The van der Waals surface area contributed by atoms with E-state index in [-0.39, 0.29) is 17.0 Å². The maximum atomic E-state index is 13.5. The number of H-pyrrole nitrogens is 1. The van der Waals surface area contributed by atoms with E-state index in [1.807, 2.05) is 7.05 Å². The normalized spacial score (nSPS) is 18.6. The van der Waals surface area contributed by atoms with Gasteiger partial charge in [0.25, 0.3) is 5.56 Å². The van der Waals surface area contributed by atoms with E-state index >= 15 is 0 Å². The highest BCUT2D eigenvalue weighted by Gasteiger charge is 2.24. The van der Waals surface area contributed by atoms with E-state index in [0.717, 1.165) is 29.1 Å². The van der Waals surface area contributed by atoms with Gasteiger partial charge in [0, 0.05) is 23.2 Å². The molecule has 0 radical (unpaired) electrons. The number of aromatic amines is 1. The van der Waals surface area contributed by atoms with Crippen molar-refractivity contribution in [3.8, 4) is 0 Å². The molecule has 1 aromatic carbocycles. The van der Waals surface area contributed by atoms with Gasteiger partial charge in [-0.15, -0.1) is 0 Å². The van der Waals surface area contributed by atoms with Crippen LogP contribution < -0.4 is 10.9 Å². The first-order chi connectivity index (χ1) is 9.11. The highest BCUT2D eigenvalue weighted by Crippen LogP contribution is 2.34. The maximum absolute atomic E-state index is 13.5. The molecule has 2 N–H and O–H groups in total. The lowest BCUT2D eigenvalue weighted by atomic mass is 9.98. The number of fused-ring (bicyclic) bond motifs is 3. The number of pyridine rings is 1. The van der Waals surface area contributed by atoms with Crippen LogP contribution in [0.4, 0.5) is 8.78 Å². The van der Waals surface area contributed by atoms with Crippen molar-refractivity contribution in [2.75, 3.05) is 12.8 Å². The Morgan fingerprint density at radius 3 is 2.68 bits per heavy atom. The van der Waals surface area contributed by atoms with Crippen LogP contribution in [0.25, 0.3) is 10.8 Å². The molecule has 2 aromatic rings. The van der Waals surface area contributed by atoms with Crippen LogP contribution in [-0.4, -0.2) is 17.8 Å². The fourth-order valence-electron chi connectivity index (χ4n) is 2.49. The van der Waals surface area contributed by atoms with Gasteiger partial charge in [-0.05, 0) is 30.1 Å². The van der Waals surface area contributed by atoms with Gasteiger partial charge in [0.1, 0.15) is 0 Å². The van der Waals surface area contributed by atoms with Crippen LogP contribution in [0.2, 0.25) is 0 Å². The van der Waals surface area contributed by atoms with E-state index in [4.69, 9.17) is 0 Å². The molecule has 1 aromatic heterocycles. The topological polar surface area (TPSA) is 44.9 Å². The lowest BCUT2D eigenvalue weighted by Crippen LogP contribution is -2.26. The quantitative estimate of drug-likeness (QED) is 0.843. The van der Waals surface area contributed by atoms with E-state index in [9.17, 15) is 13.6 Å². The Bertz CT molecular complexity index is 714. The average molecular weight is 282 g/mol. The average Bonchev–Trinajstić information content (AvgIpc) is 2.40. The second-order valence-electron chi connectivity index (χ2n) is 4.51. The number of thioether (sulfide) groups is 1. The molecule has 0 fully saturated rings. The Labute approximate surface area is 112 Å². The summed E-state index contributed by atoms with van der Waals surface area (Å²) in [4.78, 5) is 14.7. The van der Waals surface area contributed by atoms with Crippen LogP contribution >= 0.6 is 11.8 Å². The predicted octanol–water partition coefficient (Wildman–Crippen LogP) is 2.31. The molecule has 6 heteroatoms. The molecule has 0 saturated carbocycles. The first-order valence-corrected chi connectivity index (χ1v) is 7.06. The Morgan fingerprint density at radius 1 is 1.32 bits per heavy atom. The lowest BCUT2D eigenvalue weighted by molar-refractivity contribution is 0.510. The molecule has 3 rings (SSSR count). The van der Waals surface area contributed by atoms with Crippen LogP contribution in [0.3, 0.4) is 0 Å². The van der Waals surface area contributed by atoms with E-state index < -0.39 is 11.6 Å². The van der Waals surface area contributed by atoms with Crippen molar-refractivity contribution in [3.63, 3.8) is 0 Å². The lowest BCUT2D eigenvalue weighted by Gasteiger charge is -2.26. The third kappa shape index (κ3) is 1.95. The van der Waals surface area contributed by atoms with Crippen molar-refractivity contribution >= 4 is 22.5 Å². The second kappa shape index (κ2) is 4.61. The van der Waals surface area contributed by atoms with Gasteiger partial charge in [-0.25, -0.2) is 8.78 Å². The monoisotopic (exact) mass is 282 g/mol. The second-order valence-corrected chi connectivity index (χ2v) is 5.54. The minimum Gasteiger partial charge on any atom is -0.324 e. The Kier molecular flexibility index (Phi) is 3.06. The van der Waals surface area contributed by atoms with E-state index in [0.29, 0.717) is 11.1 Å². The number of aromatic nitrogens is 1. The van der Waals surface area contributed by atoms with Crippen molar-refractivity contribution in [2.24, 2.45) is 0 Å². The minimum absolute atomic E-state index is 0.0259. The Hall–Kier alpha value is -1.40. The first-order valence-electron chi connectivity index (χ1n) is 5.90. The van der Waals surface area contributed by atoms with Gasteiger partial charge in [-0.1, -0.05) is 0 Å². The number of nitrogens with one attached hydrogen (secondary N) is 2. The summed E-state index contributed by atoms with van der Waals surface area (Å²) in [5, 5.41) is 3.84. The van der Waals surface area contributed by atoms with Crippen LogP contribution in [0.15, 0.2) is 16.9 Å². The molecule has 0 saturated heterocycles. The summed E-state index contributed by atoms with van der Waals surface area (Å²) in [6.45, 7) is 0. The fourth-order valence-corrected chi connectivity index (χ4v) is 3.61. The Balaban J connectivity index is 2.42. The predicted molar refractivity (Wildman–Crippen MR) is 72.4 cm³/mol. The highest BCUT2D eigenvalue weighted by atomic mass is 32.2. The van der Waals surface area contributed by atoms with E-state index in [1.54, 1.807) is 11.8 Å². The molecule has 0 bridgehead atoms. The van der Waals surface area contributed by atoms with Gasteiger partial charge in [0.05, 0.1) is 5.39 Å². The standard InChI is InChI=1S/C13H12F2N2OS/c1-16-10-4-19-5-11-12(10)6-2-8(14)9(15)3-7(6)13(18)17-11/h2-3,10,16H,4-5H2,1H3,(H,17,18). The zero-order valence-electron chi connectivity index (χ0n) is 10.2. The molecule has 0 aliphatic carbocycles. The van der Waals surface area contributed by atoms with E-state index in [1.165, 1.54) is 0 Å². The number of benzene rings is 1. The van der Waals surface area contributed by atoms with Gasteiger partial charge in [-0.3, -0.25) is 4.79 Å². The number of halogens is 2. The first kappa shape index (κ1) is 12.6. The van der Waals surface area contributed by atoms with Crippen LogP contribution in [0.5, 0.6) is 0 Å². The highest BCUT2D eigenvalue weighted by molar-refractivity contribution is 7.98. The SMILES string of the molecule is CNC1CSCc2[nH]c(=O)c3cc(F)c(F)cc3c21. The third-order valence-electron chi connectivity index (χ3n) is 3.41. The number of rotatable bonds is 1. The molecule has 0 spiro atoms.